The predicted octanol–water partition coefficient (Wildman–Crippen LogP) is 1.15. The van der Waals surface area contributed by atoms with Crippen LogP contribution < -0.4 is 5.63 Å². The number of rotatable bonds is 2. The minimum absolute atomic E-state index is 0.374. The van der Waals surface area contributed by atoms with Crippen molar-refractivity contribution in [2.75, 3.05) is 0 Å². The van der Waals surface area contributed by atoms with E-state index in [1.165, 1.54) is 0 Å². The average molecular weight is 234 g/mol. The van der Waals surface area contributed by atoms with E-state index in [2.05, 4.69) is 19.7 Å². The van der Waals surface area contributed by atoms with Crippen molar-refractivity contribution in [3.05, 3.63) is 39.4 Å². The summed E-state index contributed by atoms with van der Waals surface area (Å²) in [5.74, 6) is -0.495. The Hall–Kier alpha value is -2.37. The van der Waals surface area contributed by atoms with Gasteiger partial charge in [0.2, 0.25) is 0 Å². The zero-order valence-electron chi connectivity index (χ0n) is 9.31. The van der Waals surface area contributed by atoms with Crippen LogP contribution in [0.5, 0.6) is 0 Å². The zero-order chi connectivity index (χ0) is 12.4. The number of nitrogens with zero attached hydrogens (tertiary/aromatic N) is 1. The maximum absolute atomic E-state index is 11.2. The van der Waals surface area contributed by atoms with Crippen LogP contribution in [0, 0.1) is 6.92 Å². The molecule has 6 heteroatoms. The molecular weight excluding hydrogens is 224 g/mol. The van der Waals surface area contributed by atoms with Crippen LogP contribution in [-0.4, -0.2) is 16.8 Å². The van der Waals surface area contributed by atoms with Crippen LogP contribution in [0.25, 0.3) is 6.08 Å². The van der Waals surface area contributed by atoms with Gasteiger partial charge in [-0.25, -0.2) is 14.7 Å². The smallest absolute Gasteiger partial charge is 0.338 e. The molecule has 0 atom stereocenters. The summed E-state index contributed by atoms with van der Waals surface area (Å²) in [4.78, 5) is 26.9. The number of allylic oxidation sites excluding steroid dienone is 2. The van der Waals surface area contributed by atoms with Crippen LogP contribution in [-0.2, 0) is 9.63 Å². The van der Waals surface area contributed by atoms with Gasteiger partial charge in [-0.05, 0) is 26.0 Å². The van der Waals surface area contributed by atoms with Gasteiger partial charge in [0, 0.05) is 0 Å². The Morgan fingerprint density at radius 3 is 2.59 bits per heavy atom. The molecule has 0 bridgehead atoms. The number of carbonyl (C=O) groups excluding carboxylic acids is 1. The Balaban J connectivity index is 2.24. The van der Waals surface area contributed by atoms with Gasteiger partial charge in [0.1, 0.15) is 0 Å². The van der Waals surface area contributed by atoms with Gasteiger partial charge < -0.3 is 9.36 Å². The normalized spacial score (nSPS) is 17.9. The van der Waals surface area contributed by atoms with E-state index in [9.17, 15) is 9.59 Å². The van der Waals surface area contributed by atoms with E-state index in [-0.39, 0.29) is 0 Å². The number of H-pyrrole nitrogens is 1. The number of oxime groups is 1. The maximum Gasteiger partial charge on any atom is 0.367 e. The summed E-state index contributed by atoms with van der Waals surface area (Å²) in [6.07, 6.45) is 4.68. The minimum atomic E-state index is -0.495. The molecule has 0 saturated carbocycles. The summed E-state index contributed by atoms with van der Waals surface area (Å²) in [6.45, 7) is 3.38. The van der Waals surface area contributed by atoms with E-state index in [0.717, 1.165) is 0 Å². The highest BCUT2D eigenvalue weighted by atomic mass is 16.7. The average Bonchev–Trinajstić information content (AvgIpc) is 2.77. The number of hydrogen-bond donors (Lipinski definition) is 1. The SMILES string of the molecule is CC1=NOC(=O)/C1=C\C=Cc1c(C)[nH]oc1=O. The lowest BCUT2D eigenvalue weighted by Gasteiger charge is -1.88. The van der Waals surface area contributed by atoms with E-state index in [0.29, 0.717) is 22.5 Å². The molecule has 6 nitrogen and oxygen atoms in total. The molecular formula is C11H10N2O4. The molecule has 0 saturated heterocycles. The fourth-order valence-electron chi connectivity index (χ4n) is 1.36. The number of aromatic nitrogens is 1. The number of nitrogens with one attached hydrogen (secondary N) is 1. The van der Waals surface area contributed by atoms with Gasteiger partial charge in [-0.2, -0.15) is 0 Å². The third-order valence-corrected chi connectivity index (χ3v) is 2.32. The molecule has 2 heterocycles. The van der Waals surface area contributed by atoms with E-state index < -0.39 is 11.6 Å². The third kappa shape index (κ3) is 2.10. The standard InChI is InChI=1S/C11H10N2O4/c1-6-8(10(14)16-12-6)4-3-5-9-7(2)13-17-11(9)15/h3-5,12H,1-2H3/b4-3?,9-5-. The lowest BCUT2D eigenvalue weighted by Crippen LogP contribution is -2.01. The highest BCUT2D eigenvalue weighted by Crippen LogP contribution is 2.11. The van der Waals surface area contributed by atoms with Gasteiger partial charge in [0.05, 0.1) is 22.5 Å². The molecule has 0 amide bonds. The topological polar surface area (TPSA) is 84.7 Å². The van der Waals surface area contributed by atoms with Gasteiger partial charge in [0.15, 0.2) is 0 Å². The van der Waals surface area contributed by atoms with Crippen LogP contribution in [0.1, 0.15) is 18.2 Å². The summed E-state index contributed by atoms with van der Waals surface area (Å²) in [7, 11) is 0. The first-order valence-corrected chi connectivity index (χ1v) is 4.92. The van der Waals surface area contributed by atoms with Crippen LogP contribution in [0.2, 0.25) is 0 Å². The van der Waals surface area contributed by atoms with Crippen molar-refractivity contribution in [1.82, 2.24) is 5.16 Å². The summed E-state index contributed by atoms with van der Waals surface area (Å²) < 4.78 is 4.59. The predicted molar refractivity (Wildman–Crippen MR) is 60.4 cm³/mol. The van der Waals surface area contributed by atoms with Crippen molar-refractivity contribution in [3.63, 3.8) is 0 Å². The van der Waals surface area contributed by atoms with Crippen molar-refractivity contribution < 1.29 is 14.2 Å². The molecule has 1 N–H and O–H groups in total. The molecule has 0 aromatic carbocycles. The highest BCUT2D eigenvalue weighted by molar-refractivity contribution is 6.21. The van der Waals surface area contributed by atoms with Gasteiger partial charge >= 0.3 is 11.6 Å². The fraction of sp³-hybridized carbons (Fsp3) is 0.182. The lowest BCUT2D eigenvalue weighted by molar-refractivity contribution is -0.136. The Morgan fingerprint density at radius 1 is 1.29 bits per heavy atom. The third-order valence-electron chi connectivity index (χ3n) is 2.32. The summed E-state index contributed by atoms with van der Waals surface area (Å²) >= 11 is 0. The van der Waals surface area contributed by atoms with Crippen molar-refractivity contribution >= 4 is 17.8 Å². The zero-order valence-corrected chi connectivity index (χ0v) is 9.31. The quantitative estimate of drug-likeness (QED) is 0.614. The number of aromatic amines is 1. The monoisotopic (exact) mass is 234 g/mol. The van der Waals surface area contributed by atoms with Crippen LogP contribution in [0.15, 0.2) is 32.2 Å². The Labute approximate surface area is 96.2 Å². The van der Waals surface area contributed by atoms with Crippen molar-refractivity contribution in [3.8, 4) is 0 Å². The van der Waals surface area contributed by atoms with E-state index in [1.807, 2.05) is 0 Å². The van der Waals surface area contributed by atoms with Gasteiger partial charge in [-0.15, -0.1) is 0 Å². The second-order valence-electron chi connectivity index (χ2n) is 3.53. The molecule has 1 aromatic rings. The maximum atomic E-state index is 11.2. The summed E-state index contributed by atoms with van der Waals surface area (Å²) in [5, 5.41) is 5.99. The fourth-order valence-corrected chi connectivity index (χ4v) is 1.36. The molecule has 1 aliphatic heterocycles. The Kier molecular flexibility index (Phi) is 2.78. The first-order valence-electron chi connectivity index (χ1n) is 4.92. The van der Waals surface area contributed by atoms with Crippen molar-refractivity contribution in [2.45, 2.75) is 13.8 Å². The molecule has 0 spiro atoms. The molecule has 1 aromatic heterocycles. The number of carbonyl (C=O) groups is 1. The molecule has 0 aliphatic carbocycles. The van der Waals surface area contributed by atoms with E-state index >= 15 is 0 Å². The molecule has 2 rings (SSSR count). The Morgan fingerprint density at radius 2 is 2.06 bits per heavy atom. The summed E-state index contributed by atoms with van der Waals surface area (Å²) in [6, 6.07) is 0. The first kappa shape index (κ1) is 11.1. The number of hydrogen-bond acceptors (Lipinski definition) is 5. The second kappa shape index (κ2) is 4.25. The van der Waals surface area contributed by atoms with Gasteiger partial charge in [-0.3, -0.25) is 0 Å². The highest BCUT2D eigenvalue weighted by Gasteiger charge is 2.20. The summed E-state index contributed by atoms with van der Waals surface area (Å²) in [5.41, 5.74) is 1.49. The molecule has 17 heavy (non-hydrogen) atoms. The molecule has 0 unspecified atom stereocenters. The molecule has 0 radical (unpaired) electrons. The van der Waals surface area contributed by atoms with Crippen LogP contribution in [0.3, 0.4) is 0 Å². The van der Waals surface area contributed by atoms with Gasteiger partial charge in [-0.1, -0.05) is 11.2 Å². The van der Waals surface area contributed by atoms with E-state index in [4.69, 9.17) is 0 Å². The molecule has 88 valence electrons. The second-order valence-corrected chi connectivity index (χ2v) is 3.53. The van der Waals surface area contributed by atoms with Crippen LogP contribution >= 0.6 is 0 Å². The lowest BCUT2D eigenvalue weighted by atomic mass is 10.1. The number of aryl methyl sites for hydroxylation is 1. The van der Waals surface area contributed by atoms with Crippen molar-refractivity contribution in [1.29, 1.82) is 0 Å². The Bertz CT molecular complexity index is 601. The van der Waals surface area contributed by atoms with E-state index in [1.54, 1.807) is 32.1 Å². The molecule has 0 fully saturated rings. The molecule has 1 aliphatic rings. The van der Waals surface area contributed by atoms with Crippen LogP contribution in [0.4, 0.5) is 0 Å². The minimum Gasteiger partial charge on any atom is -0.338 e. The largest absolute Gasteiger partial charge is 0.367 e. The first-order chi connectivity index (χ1) is 8.09. The van der Waals surface area contributed by atoms with Crippen molar-refractivity contribution in [2.24, 2.45) is 5.16 Å². The van der Waals surface area contributed by atoms with Gasteiger partial charge in [0.25, 0.3) is 0 Å².